The van der Waals surface area contributed by atoms with Crippen molar-refractivity contribution in [3.8, 4) is 0 Å². The Morgan fingerprint density at radius 1 is 1.15 bits per heavy atom. The van der Waals surface area contributed by atoms with Crippen molar-refractivity contribution in [3.63, 3.8) is 0 Å². The van der Waals surface area contributed by atoms with E-state index in [1.807, 2.05) is 13.3 Å². The Hall–Kier alpha value is -0.370. The average Bonchev–Trinajstić information content (AvgIpc) is 2.13. The molecule has 0 rings (SSSR count). The number of aliphatic imine (C=N–C) groups is 1. The lowest BCUT2D eigenvalue weighted by Gasteiger charge is -2.14. The van der Waals surface area contributed by atoms with Crippen LogP contribution in [0.1, 0.15) is 39.0 Å². The van der Waals surface area contributed by atoms with Gasteiger partial charge in [-0.15, -0.1) is 0 Å². The molecule has 2 heteroatoms. The van der Waals surface area contributed by atoms with Crippen LogP contribution in [0.25, 0.3) is 0 Å². The molecule has 0 aromatic rings. The summed E-state index contributed by atoms with van der Waals surface area (Å²) in [5, 5.41) is 0. The van der Waals surface area contributed by atoms with Gasteiger partial charge in [-0.1, -0.05) is 26.2 Å². The van der Waals surface area contributed by atoms with E-state index >= 15 is 0 Å². The van der Waals surface area contributed by atoms with Gasteiger partial charge in [0.2, 0.25) is 0 Å². The van der Waals surface area contributed by atoms with Crippen molar-refractivity contribution >= 4 is 6.21 Å². The van der Waals surface area contributed by atoms with Crippen LogP contribution in [0.3, 0.4) is 0 Å². The van der Waals surface area contributed by atoms with Crippen LogP contribution in [0.2, 0.25) is 0 Å². The van der Waals surface area contributed by atoms with Crippen LogP contribution in [0, 0.1) is 0 Å². The third kappa shape index (κ3) is 9.54. The van der Waals surface area contributed by atoms with Crippen LogP contribution in [0.5, 0.6) is 0 Å². The normalized spacial score (nSPS) is 11.7. The lowest BCUT2D eigenvalue weighted by molar-refractivity contribution is 0.334. The first-order chi connectivity index (χ1) is 6.31. The lowest BCUT2D eigenvalue weighted by atomic mass is 10.2. The van der Waals surface area contributed by atoms with Gasteiger partial charge in [-0.2, -0.15) is 0 Å². The monoisotopic (exact) mass is 184 g/mol. The maximum Gasteiger partial charge on any atom is 0.0273 e. The Balaban J connectivity index is 3.14. The van der Waals surface area contributed by atoms with Crippen LogP contribution < -0.4 is 0 Å². The fourth-order valence-electron chi connectivity index (χ4n) is 1.33. The van der Waals surface area contributed by atoms with Crippen molar-refractivity contribution in [1.29, 1.82) is 0 Å². The van der Waals surface area contributed by atoms with E-state index in [1.54, 1.807) is 0 Å². The summed E-state index contributed by atoms with van der Waals surface area (Å²) in [5.74, 6) is 0. The molecule has 0 atom stereocenters. The van der Waals surface area contributed by atoms with E-state index in [4.69, 9.17) is 0 Å². The quantitative estimate of drug-likeness (QED) is 0.418. The predicted octanol–water partition coefficient (Wildman–Crippen LogP) is 2.59. The minimum Gasteiger partial charge on any atom is -0.306 e. The van der Waals surface area contributed by atoms with Gasteiger partial charge in [-0.05, 0) is 32.6 Å². The molecule has 0 aromatic heterocycles. The third-order valence-corrected chi connectivity index (χ3v) is 2.22. The molecule has 0 aliphatic carbocycles. The van der Waals surface area contributed by atoms with Crippen LogP contribution in [-0.2, 0) is 0 Å². The molecule has 0 heterocycles. The fourth-order valence-corrected chi connectivity index (χ4v) is 1.33. The Morgan fingerprint density at radius 2 is 1.92 bits per heavy atom. The van der Waals surface area contributed by atoms with E-state index in [9.17, 15) is 0 Å². The molecule has 0 N–H and O–H groups in total. The molecule has 0 bridgehead atoms. The zero-order chi connectivity index (χ0) is 9.94. The van der Waals surface area contributed by atoms with E-state index < -0.39 is 0 Å². The average molecular weight is 184 g/mol. The molecule has 0 spiro atoms. The Morgan fingerprint density at radius 3 is 2.54 bits per heavy atom. The van der Waals surface area contributed by atoms with Crippen molar-refractivity contribution in [2.75, 3.05) is 27.2 Å². The summed E-state index contributed by atoms with van der Waals surface area (Å²) < 4.78 is 0. The molecule has 0 saturated heterocycles. The van der Waals surface area contributed by atoms with Crippen LogP contribution >= 0.6 is 0 Å². The van der Waals surface area contributed by atoms with Gasteiger partial charge < -0.3 is 9.89 Å². The second-order valence-corrected chi connectivity index (χ2v) is 3.59. The van der Waals surface area contributed by atoms with Crippen molar-refractivity contribution in [3.05, 3.63) is 0 Å². The molecule has 0 aromatic carbocycles. The molecule has 0 fully saturated rings. The van der Waals surface area contributed by atoms with Gasteiger partial charge in [0, 0.05) is 13.6 Å². The maximum atomic E-state index is 3.97. The summed E-state index contributed by atoms with van der Waals surface area (Å²) in [5.41, 5.74) is 0. The van der Waals surface area contributed by atoms with Crippen LogP contribution in [-0.4, -0.2) is 38.3 Å². The largest absolute Gasteiger partial charge is 0.306 e. The number of rotatable bonds is 8. The second-order valence-electron chi connectivity index (χ2n) is 3.59. The second kappa shape index (κ2) is 9.72. The molecule has 0 unspecified atom stereocenters. The van der Waals surface area contributed by atoms with Gasteiger partial charge in [-0.3, -0.25) is 0 Å². The zero-order valence-electron chi connectivity index (χ0n) is 9.42. The molecule has 0 radical (unpaired) electrons. The van der Waals surface area contributed by atoms with Crippen LogP contribution in [0.4, 0.5) is 0 Å². The van der Waals surface area contributed by atoms with Crippen LogP contribution in [0.15, 0.2) is 4.99 Å². The first-order valence-corrected chi connectivity index (χ1v) is 5.40. The van der Waals surface area contributed by atoms with Gasteiger partial charge in [0.05, 0.1) is 0 Å². The fraction of sp³-hybridized carbons (Fsp3) is 0.909. The van der Waals surface area contributed by atoms with Crippen molar-refractivity contribution < 1.29 is 0 Å². The van der Waals surface area contributed by atoms with Crippen molar-refractivity contribution in [1.82, 2.24) is 4.90 Å². The van der Waals surface area contributed by atoms with E-state index in [2.05, 4.69) is 23.9 Å². The van der Waals surface area contributed by atoms with Crippen molar-refractivity contribution in [2.45, 2.75) is 39.0 Å². The molecule has 0 aliphatic rings. The van der Waals surface area contributed by atoms with E-state index in [0.717, 1.165) is 13.0 Å². The lowest BCUT2D eigenvalue weighted by Crippen LogP contribution is -2.21. The highest BCUT2D eigenvalue weighted by molar-refractivity contribution is 5.56. The topological polar surface area (TPSA) is 15.6 Å². The third-order valence-electron chi connectivity index (χ3n) is 2.22. The SMILES string of the molecule is CCCCCCN(C)CCC=NC. The number of hydrogen-bond donors (Lipinski definition) is 0. The number of hydrogen-bond acceptors (Lipinski definition) is 2. The Bertz CT molecular complexity index is 121. The molecule has 78 valence electrons. The first-order valence-electron chi connectivity index (χ1n) is 5.40. The number of nitrogens with zero attached hydrogens (tertiary/aromatic N) is 2. The van der Waals surface area contributed by atoms with E-state index in [-0.39, 0.29) is 0 Å². The summed E-state index contributed by atoms with van der Waals surface area (Å²) in [6, 6.07) is 0. The van der Waals surface area contributed by atoms with Gasteiger partial charge in [0.25, 0.3) is 0 Å². The van der Waals surface area contributed by atoms with Gasteiger partial charge in [0.15, 0.2) is 0 Å². The molecular weight excluding hydrogens is 160 g/mol. The van der Waals surface area contributed by atoms with E-state index in [1.165, 1.54) is 32.2 Å². The highest BCUT2D eigenvalue weighted by atomic mass is 15.1. The summed E-state index contributed by atoms with van der Waals surface area (Å²) in [7, 11) is 4.02. The Kier molecular flexibility index (Phi) is 9.44. The van der Waals surface area contributed by atoms with Gasteiger partial charge in [-0.25, -0.2) is 0 Å². The highest BCUT2D eigenvalue weighted by Crippen LogP contribution is 2.00. The first kappa shape index (κ1) is 12.6. The highest BCUT2D eigenvalue weighted by Gasteiger charge is 1.95. The molecule has 0 saturated carbocycles. The smallest absolute Gasteiger partial charge is 0.0273 e. The summed E-state index contributed by atoms with van der Waals surface area (Å²) in [6.07, 6.45) is 8.50. The molecule has 13 heavy (non-hydrogen) atoms. The maximum absolute atomic E-state index is 3.97. The molecule has 0 amide bonds. The van der Waals surface area contributed by atoms with Crippen molar-refractivity contribution in [2.24, 2.45) is 4.99 Å². The molecular formula is C11H24N2. The zero-order valence-corrected chi connectivity index (χ0v) is 9.42. The minimum absolute atomic E-state index is 1.08. The number of unbranched alkanes of at least 4 members (excludes halogenated alkanes) is 3. The predicted molar refractivity (Wildman–Crippen MR) is 60.7 cm³/mol. The van der Waals surface area contributed by atoms with Gasteiger partial charge >= 0.3 is 0 Å². The molecule has 0 aliphatic heterocycles. The van der Waals surface area contributed by atoms with Gasteiger partial charge in [0.1, 0.15) is 0 Å². The van der Waals surface area contributed by atoms with E-state index in [0.29, 0.717) is 0 Å². The Labute approximate surface area is 83.0 Å². The summed E-state index contributed by atoms with van der Waals surface area (Å²) in [4.78, 5) is 6.35. The minimum atomic E-state index is 1.08. The summed E-state index contributed by atoms with van der Waals surface area (Å²) >= 11 is 0. The molecule has 2 nitrogen and oxygen atoms in total. The standard InChI is InChI=1S/C11H24N2/c1-4-5-6-7-10-13(3)11-8-9-12-2/h9H,4-8,10-11H2,1-3H3. The summed E-state index contributed by atoms with van der Waals surface area (Å²) in [6.45, 7) is 4.63.